The summed E-state index contributed by atoms with van der Waals surface area (Å²) in [5.74, 6) is 1.12. The minimum atomic E-state index is -0.463. The predicted octanol–water partition coefficient (Wildman–Crippen LogP) is 1.28. The van der Waals surface area contributed by atoms with Gasteiger partial charge in [0.1, 0.15) is 11.6 Å². The van der Waals surface area contributed by atoms with Crippen molar-refractivity contribution in [3.05, 3.63) is 52.5 Å². The highest BCUT2D eigenvalue weighted by atomic mass is 19.1. The van der Waals surface area contributed by atoms with Crippen LogP contribution in [0.15, 0.2) is 35.5 Å². The lowest BCUT2D eigenvalue weighted by Crippen LogP contribution is -2.36. The molecule has 0 spiro atoms. The molecule has 156 valence electrons. The number of nitrogens with two attached hydrogens (primary N) is 1. The second-order valence-electron chi connectivity index (χ2n) is 7.94. The fourth-order valence-electron chi connectivity index (χ4n) is 4.47. The molecular formula is C20H21FN6O3. The second-order valence-corrected chi connectivity index (χ2v) is 7.94. The molecule has 3 aromatic heterocycles. The van der Waals surface area contributed by atoms with Crippen LogP contribution in [0.2, 0.25) is 0 Å². The maximum absolute atomic E-state index is 14.4. The number of hydrogen-bond donors (Lipinski definition) is 1. The normalized spacial score (nSPS) is 23.4. The Hall–Kier alpha value is -3.27. The molecule has 9 nitrogen and oxygen atoms in total. The van der Waals surface area contributed by atoms with E-state index in [1.807, 2.05) is 4.90 Å². The maximum Gasteiger partial charge on any atom is 0.298 e. The third-order valence-corrected chi connectivity index (χ3v) is 6.11. The molecule has 0 amide bonds. The second kappa shape index (κ2) is 6.91. The number of pyridine rings is 1. The first-order valence-electron chi connectivity index (χ1n) is 9.84. The lowest BCUT2D eigenvalue weighted by Gasteiger charge is -2.29. The first-order chi connectivity index (χ1) is 14.5. The molecule has 30 heavy (non-hydrogen) atoms. The molecule has 3 unspecified atom stereocenters. The van der Waals surface area contributed by atoms with Gasteiger partial charge in [0.2, 0.25) is 5.65 Å². The van der Waals surface area contributed by atoms with Crippen LogP contribution in [0, 0.1) is 17.7 Å². The van der Waals surface area contributed by atoms with Gasteiger partial charge in [0, 0.05) is 37.1 Å². The van der Waals surface area contributed by atoms with Crippen LogP contribution in [-0.4, -0.2) is 38.7 Å². The molecule has 4 heterocycles. The maximum atomic E-state index is 14.4. The van der Waals surface area contributed by atoms with Crippen molar-refractivity contribution in [1.82, 2.24) is 19.2 Å². The Morgan fingerprint density at radius 1 is 1.47 bits per heavy atom. The van der Waals surface area contributed by atoms with Gasteiger partial charge >= 0.3 is 0 Å². The molecule has 5 rings (SSSR count). The minimum absolute atomic E-state index is 0.229. The Bertz CT molecular complexity index is 1190. The zero-order chi connectivity index (χ0) is 21.0. The standard InChI is InChI=1S/C20H21FN6O3/c1-11(6-22)25-9-13(21)5-15(20(25)29)18-14-4-12(14)8-26(18)17-2-3-27-19(24-17)16(7-23-27)30-10-28/h2-3,5,7,9-12,14,18H,4,6,8,22H2,1H3/t11-,12?,14?,18?/m0/s1. The first kappa shape index (κ1) is 18.7. The van der Waals surface area contributed by atoms with Crippen molar-refractivity contribution in [2.75, 3.05) is 18.0 Å². The molecule has 1 aliphatic heterocycles. The third kappa shape index (κ3) is 2.86. The number of anilines is 1. The number of ether oxygens (including phenoxy) is 1. The zero-order valence-corrected chi connectivity index (χ0v) is 16.3. The summed E-state index contributed by atoms with van der Waals surface area (Å²) < 4.78 is 22.3. The van der Waals surface area contributed by atoms with Gasteiger partial charge in [-0.1, -0.05) is 0 Å². The van der Waals surface area contributed by atoms with Crippen LogP contribution >= 0.6 is 0 Å². The highest BCUT2D eigenvalue weighted by molar-refractivity contribution is 5.61. The molecule has 1 saturated carbocycles. The number of hydrogen-bond acceptors (Lipinski definition) is 7. The summed E-state index contributed by atoms with van der Waals surface area (Å²) >= 11 is 0. The molecule has 0 bridgehead atoms. The molecular weight excluding hydrogens is 391 g/mol. The summed E-state index contributed by atoms with van der Waals surface area (Å²) in [4.78, 5) is 30.6. The van der Waals surface area contributed by atoms with Crippen molar-refractivity contribution in [2.24, 2.45) is 17.6 Å². The summed E-state index contributed by atoms with van der Waals surface area (Å²) in [7, 11) is 0. The van der Waals surface area contributed by atoms with E-state index in [1.165, 1.54) is 27.5 Å². The largest absolute Gasteiger partial charge is 0.423 e. The van der Waals surface area contributed by atoms with Gasteiger partial charge in [-0.05, 0) is 37.3 Å². The molecule has 1 aliphatic carbocycles. The van der Waals surface area contributed by atoms with E-state index in [0.29, 0.717) is 29.4 Å². The van der Waals surface area contributed by atoms with Crippen LogP contribution in [-0.2, 0) is 4.79 Å². The van der Waals surface area contributed by atoms with Crippen LogP contribution in [0.25, 0.3) is 5.65 Å². The van der Waals surface area contributed by atoms with E-state index in [-0.39, 0.29) is 35.9 Å². The molecule has 0 radical (unpaired) electrons. The number of nitrogens with zero attached hydrogens (tertiary/aromatic N) is 5. The summed E-state index contributed by atoms with van der Waals surface area (Å²) in [6.45, 7) is 3.08. The topological polar surface area (TPSA) is 108 Å². The molecule has 0 aromatic carbocycles. The molecule has 1 saturated heterocycles. The Balaban J connectivity index is 1.59. The number of carbonyl (C=O) groups is 1. The van der Waals surface area contributed by atoms with Crippen molar-refractivity contribution < 1.29 is 13.9 Å². The number of carbonyl (C=O) groups excluding carboxylic acids is 1. The van der Waals surface area contributed by atoms with E-state index < -0.39 is 5.82 Å². The molecule has 10 heteroatoms. The average Bonchev–Trinajstić information content (AvgIpc) is 3.24. The molecule has 3 aromatic rings. The van der Waals surface area contributed by atoms with E-state index in [9.17, 15) is 14.0 Å². The SMILES string of the molecule is C[C@@H](CN)n1cc(F)cc(C2C3CC3CN2c2ccn3ncc(OC=O)c3n2)c1=O. The van der Waals surface area contributed by atoms with Crippen molar-refractivity contribution in [2.45, 2.75) is 25.4 Å². The van der Waals surface area contributed by atoms with Gasteiger partial charge in [0.25, 0.3) is 12.0 Å². The molecule has 2 fully saturated rings. The van der Waals surface area contributed by atoms with Crippen LogP contribution in [0.3, 0.4) is 0 Å². The summed E-state index contributed by atoms with van der Waals surface area (Å²) in [6, 6.07) is 2.55. The first-order valence-corrected chi connectivity index (χ1v) is 9.84. The number of halogens is 1. The summed E-state index contributed by atoms with van der Waals surface area (Å²) in [5, 5.41) is 4.11. The Kier molecular flexibility index (Phi) is 4.31. The lowest BCUT2D eigenvalue weighted by molar-refractivity contribution is -0.120. The number of rotatable bonds is 6. The zero-order valence-electron chi connectivity index (χ0n) is 16.3. The van der Waals surface area contributed by atoms with E-state index in [0.717, 1.165) is 13.0 Å². The van der Waals surface area contributed by atoms with E-state index in [4.69, 9.17) is 10.5 Å². The van der Waals surface area contributed by atoms with E-state index >= 15 is 0 Å². The van der Waals surface area contributed by atoms with E-state index in [1.54, 1.807) is 19.2 Å². The van der Waals surface area contributed by atoms with E-state index in [2.05, 4.69) is 10.1 Å². The van der Waals surface area contributed by atoms with Gasteiger partial charge in [-0.25, -0.2) is 13.9 Å². The fourth-order valence-corrected chi connectivity index (χ4v) is 4.47. The number of aromatic nitrogens is 4. The van der Waals surface area contributed by atoms with Crippen molar-refractivity contribution in [3.8, 4) is 5.75 Å². The highest BCUT2D eigenvalue weighted by Crippen LogP contribution is 2.56. The van der Waals surface area contributed by atoms with Crippen molar-refractivity contribution >= 4 is 17.9 Å². The van der Waals surface area contributed by atoms with Crippen LogP contribution in [0.1, 0.15) is 31.0 Å². The van der Waals surface area contributed by atoms with Crippen molar-refractivity contribution in [1.29, 1.82) is 0 Å². The fraction of sp³-hybridized carbons (Fsp3) is 0.400. The van der Waals surface area contributed by atoms with Crippen LogP contribution in [0.5, 0.6) is 5.75 Å². The number of fused-ring (bicyclic) bond motifs is 2. The molecule has 4 atom stereocenters. The van der Waals surface area contributed by atoms with Gasteiger partial charge < -0.3 is 19.9 Å². The highest BCUT2D eigenvalue weighted by Gasteiger charge is 2.54. The van der Waals surface area contributed by atoms with Gasteiger partial charge in [-0.3, -0.25) is 9.59 Å². The minimum Gasteiger partial charge on any atom is -0.423 e. The number of piperidine rings is 1. The summed E-state index contributed by atoms with van der Waals surface area (Å²) in [5.41, 5.74) is 6.30. The van der Waals surface area contributed by atoms with Gasteiger partial charge in [0.15, 0.2) is 5.75 Å². The molecule has 2 aliphatic rings. The van der Waals surface area contributed by atoms with Crippen LogP contribution < -0.4 is 20.9 Å². The van der Waals surface area contributed by atoms with Crippen molar-refractivity contribution in [3.63, 3.8) is 0 Å². The lowest BCUT2D eigenvalue weighted by atomic mass is 10.0. The van der Waals surface area contributed by atoms with Gasteiger partial charge in [0.05, 0.1) is 12.2 Å². The smallest absolute Gasteiger partial charge is 0.298 e. The predicted molar refractivity (Wildman–Crippen MR) is 106 cm³/mol. The third-order valence-electron chi connectivity index (χ3n) is 6.11. The Morgan fingerprint density at radius 3 is 3.07 bits per heavy atom. The van der Waals surface area contributed by atoms with Gasteiger partial charge in [-0.15, -0.1) is 0 Å². The quantitative estimate of drug-likeness (QED) is 0.608. The monoisotopic (exact) mass is 412 g/mol. The Labute approximate surface area is 170 Å². The van der Waals surface area contributed by atoms with Crippen LogP contribution in [0.4, 0.5) is 10.2 Å². The molecule has 2 N–H and O–H groups in total. The van der Waals surface area contributed by atoms with Gasteiger partial charge in [-0.2, -0.15) is 5.10 Å². The Morgan fingerprint density at radius 2 is 2.30 bits per heavy atom. The summed E-state index contributed by atoms with van der Waals surface area (Å²) in [6.07, 6.45) is 5.35. The average molecular weight is 412 g/mol.